The molecule has 0 aromatic heterocycles. The van der Waals surface area contributed by atoms with Crippen LogP contribution in [0.15, 0.2) is 42.5 Å². The van der Waals surface area contributed by atoms with Crippen LogP contribution < -0.4 is 5.32 Å². The zero-order valence-corrected chi connectivity index (χ0v) is 13.9. The normalized spacial score (nSPS) is 11.8. The highest BCUT2D eigenvalue weighted by Crippen LogP contribution is 2.35. The van der Waals surface area contributed by atoms with E-state index < -0.39 is 23.6 Å². The largest absolute Gasteiger partial charge is 0.481 e. The molecule has 0 fully saturated rings. The molecule has 0 saturated carbocycles. The SMILES string of the molecule is O=C(O)CC(CC(=O)Nc1ccc(F)cc1)c1c(Cl)cccc1Cl. The van der Waals surface area contributed by atoms with Gasteiger partial charge in [-0.3, -0.25) is 9.59 Å². The number of rotatable bonds is 6. The van der Waals surface area contributed by atoms with Crippen LogP contribution in [0, 0.1) is 5.82 Å². The zero-order valence-electron chi connectivity index (χ0n) is 12.4. The number of hydrogen-bond donors (Lipinski definition) is 2. The van der Waals surface area contributed by atoms with Crippen LogP contribution in [0.5, 0.6) is 0 Å². The maximum atomic E-state index is 12.9. The van der Waals surface area contributed by atoms with Crippen molar-refractivity contribution in [2.45, 2.75) is 18.8 Å². The molecule has 0 radical (unpaired) electrons. The van der Waals surface area contributed by atoms with E-state index in [1.807, 2.05) is 0 Å². The molecular formula is C17H14Cl2FNO3. The molecule has 0 heterocycles. The average molecular weight is 370 g/mol. The van der Waals surface area contributed by atoms with Crippen molar-refractivity contribution in [1.82, 2.24) is 0 Å². The molecule has 0 aliphatic heterocycles. The van der Waals surface area contributed by atoms with E-state index in [0.29, 0.717) is 21.3 Å². The number of carboxylic acids is 1. The molecule has 1 unspecified atom stereocenters. The van der Waals surface area contributed by atoms with Crippen molar-refractivity contribution in [2.75, 3.05) is 5.32 Å². The first-order valence-corrected chi connectivity index (χ1v) is 7.83. The minimum Gasteiger partial charge on any atom is -0.481 e. The van der Waals surface area contributed by atoms with Gasteiger partial charge in [0.2, 0.25) is 5.91 Å². The van der Waals surface area contributed by atoms with Gasteiger partial charge >= 0.3 is 5.97 Å². The fourth-order valence-corrected chi connectivity index (χ4v) is 3.06. The van der Waals surface area contributed by atoms with Gasteiger partial charge in [-0.25, -0.2) is 4.39 Å². The number of carboxylic acid groups (broad SMARTS) is 1. The Morgan fingerprint density at radius 3 is 2.17 bits per heavy atom. The summed E-state index contributed by atoms with van der Waals surface area (Å²) in [5, 5.41) is 12.3. The summed E-state index contributed by atoms with van der Waals surface area (Å²) < 4.78 is 12.9. The lowest BCUT2D eigenvalue weighted by molar-refractivity contribution is -0.137. The summed E-state index contributed by atoms with van der Waals surface area (Å²) in [5.41, 5.74) is 0.846. The van der Waals surface area contributed by atoms with Crippen molar-refractivity contribution in [3.8, 4) is 0 Å². The van der Waals surface area contributed by atoms with Gasteiger partial charge < -0.3 is 10.4 Å². The third-order valence-corrected chi connectivity index (χ3v) is 4.05. The third kappa shape index (κ3) is 4.94. The van der Waals surface area contributed by atoms with Crippen molar-refractivity contribution in [2.24, 2.45) is 0 Å². The average Bonchev–Trinajstić information content (AvgIpc) is 2.48. The Morgan fingerprint density at radius 1 is 1.04 bits per heavy atom. The summed E-state index contributed by atoms with van der Waals surface area (Å²) in [6.45, 7) is 0. The van der Waals surface area contributed by atoms with E-state index in [1.165, 1.54) is 24.3 Å². The highest BCUT2D eigenvalue weighted by Gasteiger charge is 2.24. The predicted molar refractivity (Wildman–Crippen MR) is 91.1 cm³/mol. The van der Waals surface area contributed by atoms with Gasteiger partial charge in [0, 0.05) is 28.1 Å². The van der Waals surface area contributed by atoms with Crippen molar-refractivity contribution in [3.63, 3.8) is 0 Å². The highest BCUT2D eigenvalue weighted by molar-refractivity contribution is 6.36. The van der Waals surface area contributed by atoms with Gasteiger partial charge in [-0.1, -0.05) is 29.3 Å². The van der Waals surface area contributed by atoms with Crippen LogP contribution in [0.2, 0.25) is 10.0 Å². The Balaban J connectivity index is 2.18. The zero-order chi connectivity index (χ0) is 17.7. The number of aliphatic carboxylic acids is 1. The molecule has 0 aliphatic rings. The van der Waals surface area contributed by atoms with Crippen LogP contribution in [-0.4, -0.2) is 17.0 Å². The number of halogens is 3. The number of hydrogen-bond acceptors (Lipinski definition) is 2. The Kier molecular flexibility index (Phi) is 6.17. The summed E-state index contributed by atoms with van der Waals surface area (Å²) >= 11 is 12.2. The van der Waals surface area contributed by atoms with Gasteiger partial charge in [0.15, 0.2) is 0 Å². The van der Waals surface area contributed by atoms with E-state index in [1.54, 1.807) is 18.2 Å². The lowest BCUT2D eigenvalue weighted by atomic mass is 9.92. The van der Waals surface area contributed by atoms with Crippen LogP contribution in [-0.2, 0) is 9.59 Å². The van der Waals surface area contributed by atoms with Gasteiger partial charge in [0.05, 0.1) is 6.42 Å². The van der Waals surface area contributed by atoms with Gasteiger partial charge in [0.25, 0.3) is 0 Å². The second kappa shape index (κ2) is 8.13. The van der Waals surface area contributed by atoms with Crippen LogP contribution in [0.1, 0.15) is 24.3 Å². The Bertz CT molecular complexity index is 730. The number of nitrogens with one attached hydrogen (secondary N) is 1. The van der Waals surface area contributed by atoms with E-state index in [4.69, 9.17) is 28.3 Å². The number of benzene rings is 2. The van der Waals surface area contributed by atoms with Crippen LogP contribution in [0.4, 0.5) is 10.1 Å². The molecule has 0 spiro atoms. The molecule has 24 heavy (non-hydrogen) atoms. The summed E-state index contributed by atoms with van der Waals surface area (Å²) in [4.78, 5) is 23.3. The second-order valence-electron chi connectivity index (χ2n) is 5.19. The molecule has 2 N–H and O–H groups in total. The standard InChI is InChI=1S/C17H14Cl2FNO3/c18-13-2-1-3-14(19)17(13)10(9-16(23)24)8-15(22)21-12-6-4-11(20)5-7-12/h1-7,10H,8-9H2,(H,21,22)(H,23,24). The highest BCUT2D eigenvalue weighted by atomic mass is 35.5. The van der Waals surface area contributed by atoms with Crippen molar-refractivity contribution in [1.29, 1.82) is 0 Å². The summed E-state index contributed by atoms with van der Waals surface area (Å²) in [5.74, 6) is -2.57. The number of amides is 1. The quantitative estimate of drug-likeness (QED) is 0.773. The van der Waals surface area contributed by atoms with Crippen molar-refractivity contribution < 1.29 is 19.1 Å². The smallest absolute Gasteiger partial charge is 0.303 e. The van der Waals surface area contributed by atoms with Gasteiger partial charge in [-0.2, -0.15) is 0 Å². The minimum absolute atomic E-state index is 0.118. The number of anilines is 1. The lowest BCUT2D eigenvalue weighted by Gasteiger charge is -2.18. The maximum Gasteiger partial charge on any atom is 0.303 e. The molecule has 0 bridgehead atoms. The van der Waals surface area contributed by atoms with Crippen LogP contribution >= 0.6 is 23.2 Å². The van der Waals surface area contributed by atoms with Gasteiger partial charge in [-0.15, -0.1) is 0 Å². The number of carbonyl (C=O) groups is 2. The molecule has 4 nitrogen and oxygen atoms in total. The molecule has 0 saturated heterocycles. The minimum atomic E-state index is -1.06. The molecule has 2 aromatic rings. The molecule has 7 heteroatoms. The molecule has 0 aliphatic carbocycles. The van der Waals surface area contributed by atoms with Crippen LogP contribution in [0.25, 0.3) is 0 Å². The second-order valence-corrected chi connectivity index (χ2v) is 6.00. The first-order valence-electron chi connectivity index (χ1n) is 7.08. The fraction of sp³-hybridized carbons (Fsp3) is 0.176. The first-order chi connectivity index (χ1) is 11.4. The van der Waals surface area contributed by atoms with E-state index in [0.717, 1.165) is 0 Å². The summed E-state index contributed by atoms with van der Waals surface area (Å²) in [6.07, 6.45) is -0.409. The van der Waals surface area contributed by atoms with Crippen molar-refractivity contribution >= 4 is 40.8 Å². The van der Waals surface area contributed by atoms with E-state index in [9.17, 15) is 14.0 Å². The van der Waals surface area contributed by atoms with E-state index >= 15 is 0 Å². The third-order valence-electron chi connectivity index (χ3n) is 3.39. The molecule has 2 rings (SSSR count). The maximum absolute atomic E-state index is 12.9. The van der Waals surface area contributed by atoms with Gasteiger partial charge in [-0.05, 0) is 42.0 Å². The Morgan fingerprint density at radius 2 is 1.62 bits per heavy atom. The summed E-state index contributed by atoms with van der Waals surface area (Å²) in [7, 11) is 0. The Hall–Kier alpha value is -2.11. The molecule has 1 amide bonds. The molecule has 126 valence electrons. The van der Waals surface area contributed by atoms with Crippen LogP contribution in [0.3, 0.4) is 0 Å². The van der Waals surface area contributed by atoms with Crippen molar-refractivity contribution in [3.05, 3.63) is 63.9 Å². The first kappa shape index (κ1) is 18.2. The van der Waals surface area contributed by atoms with E-state index in [-0.39, 0.29) is 12.8 Å². The van der Waals surface area contributed by atoms with Gasteiger partial charge in [0.1, 0.15) is 5.82 Å². The summed E-state index contributed by atoms with van der Waals surface area (Å²) in [6, 6.07) is 10.1. The Labute approximate surface area is 148 Å². The molecular weight excluding hydrogens is 356 g/mol. The molecule has 1 atom stereocenters. The predicted octanol–water partition coefficient (Wildman–Crippen LogP) is 4.72. The van der Waals surface area contributed by atoms with E-state index in [2.05, 4.69) is 5.32 Å². The lowest BCUT2D eigenvalue weighted by Crippen LogP contribution is -2.18. The fourth-order valence-electron chi connectivity index (χ4n) is 2.36. The molecule has 2 aromatic carbocycles. The number of carbonyl (C=O) groups excluding carboxylic acids is 1. The topological polar surface area (TPSA) is 66.4 Å². The monoisotopic (exact) mass is 369 g/mol.